The molecule has 138 valence electrons. The molecular formula is C19H28N2O4. The SMILES string of the molecule is Cc1ccc(/C=C\C(=O)N2CC[C@H](NC(=O)OC(C)(C)C)[C@H](C)C2)o1. The van der Waals surface area contributed by atoms with Gasteiger partial charge in [0.25, 0.3) is 0 Å². The van der Waals surface area contributed by atoms with Crippen molar-refractivity contribution in [3.63, 3.8) is 0 Å². The van der Waals surface area contributed by atoms with E-state index >= 15 is 0 Å². The van der Waals surface area contributed by atoms with Crippen molar-refractivity contribution in [3.05, 3.63) is 29.7 Å². The summed E-state index contributed by atoms with van der Waals surface area (Å²) in [6, 6.07) is 3.70. The maximum absolute atomic E-state index is 12.3. The third-order valence-corrected chi connectivity index (χ3v) is 4.07. The number of amides is 2. The summed E-state index contributed by atoms with van der Waals surface area (Å²) in [5.41, 5.74) is -0.515. The van der Waals surface area contributed by atoms with Crippen molar-refractivity contribution in [3.8, 4) is 0 Å². The van der Waals surface area contributed by atoms with Crippen LogP contribution in [0.15, 0.2) is 22.6 Å². The Morgan fingerprint density at radius 3 is 2.64 bits per heavy atom. The van der Waals surface area contributed by atoms with Crippen LogP contribution in [-0.2, 0) is 9.53 Å². The van der Waals surface area contributed by atoms with Crippen LogP contribution in [-0.4, -0.2) is 41.6 Å². The number of aryl methyl sites for hydroxylation is 1. The van der Waals surface area contributed by atoms with Crippen LogP contribution in [0.1, 0.15) is 45.6 Å². The summed E-state index contributed by atoms with van der Waals surface area (Å²) < 4.78 is 10.7. The monoisotopic (exact) mass is 348 g/mol. The number of nitrogens with zero attached hydrogens (tertiary/aromatic N) is 1. The van der Waals surface area contributed by atoms with Crippen LogP contribution in [0.3, 0.4) is 0 Å². The Morgan fingerprint density at radius 1 is 1.36 bits per heavy atom. The molecule has 25 heavy (non-hydrogen) atoms. The summed E-state index contributed by atoms with van der Waals surface area (Å²) in [6.07, 6.45) is 3.52. The number of alkyl carbamates (subject to hydrolysis) is 1. The zero-order valence-corrected chi connectivity index (χ0v) is 15.7. The van der Waals surface area contributed by atoms with Crippen molar-refractivity contribution in [1.82, 2.24) is 10.2 Å². The lowest BCUT2D eigenvalue weighted by Crippen LogP contribution is -2.52. The average molecular weight is 348 g/mol. The Labute approximate surface area is 149 Å². The van der Waals surface area contributed by atoms with Gasteiger partial charge in [-0.25, -0.2) is 4.79 Å². The Balaban J connectivity index is 1.85. The van der Waals surface area contributed by atoms with Crippen LogP contribution in [0.2, 0.25) is 0 Å². The lowest BCUT2D eigenvalue weighted by molar-refractivity contribution is -0.127. The number of furan rings is 1. The van der Waals surface area contributed by atoms with Gasteiger partial charge in [-0.05, 0) is 58.2 Å². The minimum atomic E-state index is -0.515. The first-order valence-electron chi connectivity index (χ1n) is 8.67. The molecule has 0 saturated carbocycles. The van der Waals surface area contributed by atoms with E-state index in [1.54, 1.807) is 11.0 Å². The number of nitrogens with one attached hydrogen (secondary N) is 1. The van der Waals surface area contributed by atoms with Crippen molar-refractivity contribution in [1.29, 1.82) is 0 Å². The number of carbonyl (C=O) groups is 2. The fraction of sp³-hybridized carbons (Fsp3) is 0.579. The minimum absolute atomic E-state index is 0.00982. The second-order valence-electron chi connectivity index (χ2n) is 7.58. The number of piperidine rings is 1. The summed E-state index contributed by atoms with van der Waals surface area (Å²) in [5.74, 6) is 1.59. The Bertz CT molecular complexity index is 642. The number of hydrogen-bond acceptors (Lipinski definition) is 4. The van der Waals surface area contributed by atoms with Gasteiger partial charge in [0.15, 0.2) is 0 Å². The summed E-state index contributed by atoms with van der Waals surface area (Å²) in [6.45, 7) is 10.6. The maximum Gasteiger partial charge on any atom is 0.407 e. The molecule has 0 radical (unpaired) electrons. The molecule has 1 aliphatic heterocycles. The van der Waals surface area contributed by atoms with Gasteiger partial charge in [0.1, 0.15) is 17.1 Å². The van der Waals surface area contributed by atoms with Crippen LogP contribution in [0.5, 0.6) is 0 Å². The number of hydrogen-bond donors (Lipinski definition) is 1. The first kappa shape index (κ1) is 19.1. The Morgan fingerprint density at radius 2 is 2.08 bits per heavy atom. The van der Waals surface area contributed by atoms with Crippen molar-refractivity contribution < 1.29 is 18.7 Å². The van der Waals surface area contributed by atoms with Gasteiger partial charge in [-0.1, -0.05) is 6.92 Å². The summed E-state index contributed by atoms with van der Waals surface area (Å²) in [4.78, 5) is 26.0. The molecule has 1 N–H and O–H groups in total. The van der Waals surface area contributed by atoms with Gasteiger partial charge in [-0.2, -0.15) is 0 Å². The molecule has 0 aliphatic carbocycles. The van der Waals surface area contributed by atoms with E-state index in [4.69, 9.17) is 9.15 Å². The summed E-state index contributed by atoms with van der Waals surface area (Å²) >= 11 is 0. The third kappa shape index (κ3) is 5.96. The molecule has 6 heteroatoms. The van der Waals surface area contributed by atoms with Crippen molar-refractivity contribution in [2.75, 3.05) is 13.1 Å². The third-order valence-electron chi connectivity index (χ3n) is 4.07. The van der Waals surface area contributed by atoms with Crippen LogP contribution in [0, 0.1) is 12.8 Å². The predicted octanol–water partition coefficient (Wildman–Crippen LogP) is 3.36. The van der Waals surface area contributed by atoms with E-state index in [0.29, 0.717) is 25.3 Å². The second-order valence-corrected chi connectivity index (χ2v) is 7.58. The molecule has 2 atom stereocenters. The van der Waals surface area contributed by atoms with Gasteiger partial charge in [0.05, 0.1) is 0 Å². The van der Waals surface area contributed by atoms with E-state index in [-0.39, 0.29) is 17.9 Å². The smallest absolute Gasteiger partial charge is 0.407 e. The van der Waals surface area contributed by atoms with Gasteiger partial charge in [-0.15, -0.1) is 0 Å². The first-order chi connectivity index (χ1) is 11.6. The zero-order chi connectivity index (χ0) is 18.6. The van der Waals surface area contributed by atoms with Gasteiger partial charge < -0.3 is 19.4 Å². The molecule has 2 heterocycles. The van der Waals surface area contributed by atoms with Crippen molar-refractivity contribution >= 4 is 18.1 Å². The van der Waals surface area contributed by atoms with E-state index in [1.165, 1.54) is 6.08 Å². The number of carbonyl (C=O) groups excluding carboxylic acids is 2. The van der Waals surface area contributed by atoms with Gasteiger partial charge in [0, 0.05) is 25.2 Å². The first-order valence-corrected chi connectivity index (χ1v) is 8.67. The molecule has 1 aromatic heterocycles. The van der Waals surface area contributed by atoms with Crippen LogP contribution < -0.4 is 5.32 Å². The Hall–Kier alpha value is -2.24. The van der Waals surface area contributed by atoms with Gasteiger partial charge in [0.2, 0.25) is 5.91 Å². The highest BCUT2D eigenvalue weighted by atomic mass is 16.6. The van der Waals surface area contributed by atoms with Gasteiger partial charge >= 0.3 is 6.09 Å². The largest absolute Gasteiger partial charge is 0.462 e. The zero-order valence-electron chi connectivity index (χ0n) is 15.7. The minimum Gasteiger partial charge on any atom is -0.462 e. The van der Waals surface area contributed by atoms with Crippen LogP contribution >= 0.6 is 0 Å². The number of rotatable bonds is 3. The lowest BCUT2D eigenvalue weighted by atomic mass is 9.94. The van der Waals surface area contributed by atoms with Crippen LogP contribution in [0.4, 0.5) is 4.79 Å². The van der Waals surface area contributed by atoms with E-state index in [1.807, 2.05) is 46.8 Å². The highest BCUT2D eigenvalue weighted by Gasteiger charge is 2.30. The molecule has 1 aromatic rings. The van der Waals surface area contributed by atoms with Crippen LogP contribution in [0.25, 0.3) is 6.08 Å². The standard InChI is InChI=1S/C19H28N2O4/c1-13-12-21(17(22)9-8-15-7-6-14(2)24-15)11-10-16(13)20-18(23)25-19(3,4)5/h6-9,13,16H,10-12H2,1-5H3,(H,20,23)/b9-8-/t13-,16+/m1/s1. The summed E-state index contributed by atoms with van der Waals surface area (Å²) in [7, 11) is 0. The Kier molecular flexibility index (Phi) is 5.93. The number of likely N-dealkylation sites (tertiary alicyclic amines) is 1. The highest BCUT2D eigenvalue weighted by Crippen LogP contribution is 2.18. The average Bonchev–Trinajstić information content (AvgIpc) is 2.90. The molecule has 0 spiro atoms. The fourth-order valence-electron chi connectivity index (χ4n) is 2.82. The molecule has 1 saturated heterocycles. The number of ether oxygens (including phenoxy) is 1. The van der Waals surface area contributed by atoms with E-state index < -0.39 is 11.7 Å². The molecule has 0 bridgehead atoms. The molecule has 2 amide bonds. The molecule has 2 rings (SSSR count). The van der Waals surface area contributed by atoms with Crippen molar-refractivity contribution in [2.45, 2.75) is 52.7 Å². The summed E-state index contributed by atoms with van der Waals surface area (Å²) in [5, 5.41) is 2.91. The molecular weight excluding hydrogens is 320 g/mol. The maximum atomic E-state index is 12.3. The highest BCUT2D eigenvalue weighted by molar-refractivity contribution is 5.91. The molecule has 0 aromatic carbocycles. The molecule has 1 fully saturated rings. The normalized spacial score (nSPS) is 21.4. The second kappa shape index (κ2) is 7.76. The molecule has 0 unspecified atom stereocenters. The van der Waals surface area contributed by atoms with E-state index in [0.717, 1.165) is 5.76 Å². The molecule has 6 nitrogen and oxygen atoms in total. The predicted molar refractivity (Wildman–Crippen MR) is 96.0 cm³/mol. The van der Waals surface area contributed by atoms with Gasteiger partial charge in [-0.3, -0.25) is 4.79 Å². The molecule has 1 aliphatic rings. The quantitative estimate of drug-likeness (QED) is 0.850. The fourth-order valence-corrected chi connectivity index (χ4v) is 2.82. The topological polar surface area (TPSA) is 71.8 Å². The van der Waals surface area contributed by atoms with E-state index in [2.05, 4.69) is 5.32 Å². The lowest BCUT2D eigenvalue weighted by Gasteiger charge is -2.37. The van der Waals surface area contributed by atoms with E-state index in [9.17, 15) is 9.59 Å². The van der Waals surface area contributed by atoms with Crippen molar-refractivity contribution in [2.24, 2.45) is 5.92 Å².